The van der Waals surface area contributed by atoms with Crippen LogP contribution in [0.3, 0.4) is 0 Å². The lowest BCUT2D eigenvalue weighted by Crippen LogP contribution is -2.51. The molecule has 4 rings (SSSR count). The fourth-order valence-electron chi connectivity index (χ4n) is 4.73. The monoisotopic (exact) mass is 808 g/mol. The summed E-state index contributed by atoms with van der Waals surface area (Å²) >= 11 is 0. The zero-order chi connectivity index (χ0) is 41.1. The number of phenolic OH excluding ortho intramolecular Hbond substituents is 3. The highest BCUT2D eigenvalue weighted by atomic mass is 19.4. The Labute approximate surface area is 274 Å². The number of phenols is 3. The smallest absolute Gasteiger partial charge is 0.460 e. The Morgan fingerprint density at radius 2 is 0.774 bits per heavy atom. The van der Waals surface area contributed by atoms with Crippen LogP contribution in [0.5, 0.6) is 23.0 Å². The van der Waals surface area contributed by atoms with Gasteiger partial charge in [0.05, 0.1) is 11.1 Å². The number of carbonyl (C=O) groups excluding carboxylic acids is 1. The molecule has 0 saturated carbocycles. The first kappa shape index (κ1) is 40.6. The second-order valence-corrected chi connectivity index (χ2v) is 10.3. The quantitative estimate of drug-likeness (QED) is 0.0344. The highest BCUT2D eigenvalue weighted by Gasteiger charge is 2.77. The molecule has 0 bridgehead atoms. The molecule has 0 aromatic heterocycles. The number of esters is 1. The Morgan fingerprint density at radius 3 is 1.11 bits per heavy atom. The summed E-state index contributed by atoms with van der Waals surface area (Å²) < 4.78 is 308. The van der Waals surface area contributed by atoms with E-state index >= 15 is 35.1 Å². The van der Waals surface area contributed by atoms with Crippen molar-refractivity contribution in [2.45, 2.75) is 36.0 Å². The predicted molar refractivity (Wildman–Crippen MR) is 127 cm³/mol. The summed E-state index contributed by atoms with van der Waals surface area (Å²) in [6.07, 6.45) is -15.5. The number of hydrogen-bond acceptors (Lipinski definition) is 5. The normalized spacial score (nSPS) is 13.7. The molecule has 26 heteroatoms. The van der Waals surface area contributed by atoms with E-state index in [2.05, 4.69) is 4.74 Å². The first-order valence-electron chi connectivity index (χ1n) is 12.7. The second kappa shape index (κ2) is 11.9. The van der Waals surface area contributed by atoms with E-state index in [1.165, 1.54) is 0 Å². The number of alkyl halides is 14. The first-order valence-corrected chi connectivity index (χ1v) is 12.7. The van der Waals surface area contributed by atoms with Gasteiger partial charge in [0, 0.05) is 27.1 Å². The van der Waals surface area contributed by atoms with Gasteiger partial charge >= 0.3 is 42.0 Å². The highest BCUT2D eigenvalue weighted by molar-refractivity contribution is 6.11. The van der Waals surface area contributed by atoms with Crippen LogP contribution in [-0.4, -0.2) is 45.5 Å². The average molecular weight is 808 g/mol. The van der Waals surface area contributed by atoms with Crippen LogP contribution in [0.1, 0.15) is 21.5 Å². The van der Waals surface area contributed by atoms with Crippen molar-refractivity contribution >= 4 is 27.5 Å². The minimum absolute atomic E-state index is 0.114. The van der Waals surface area contributed by atoms with Crippen molar-refractivity contribution < 1.29 is 117 Å². The molecule has 5 nitrogen and oxygen atoms in total. The van der Waals surface area contributed by atoms with Crippen LogP contribution >= 0.6 is 0 Å². The van der Waals surface area contributed by atoms with Crippen molar-refractivity contribution in [3.8, 4) is 23.0 Å². The number of aromatic hydroxyl groups is 3. The lowest BCUT2D eigenvalue weighted by atomic mass is 9.82. The summed E-state index contributed by atoms with van der Waals surface area (Å²) in [4.78, 5) is 12.7. The lowest BCUT2D eigenvalue weighted by molar-refractivity contribution is -0.359. The molecule has 4 aromatic rings. The minimum atomic E-state index is -7.95. The number of benzene rings is 4. The third-order valence-electron chi connectivity index (χ3n) is 7.18. The van der Waals surface area contributed by atoms with Gasteiger partial charge in [-0.25, -0.2) is 31.1 Å². The lowest BCUT2D eigenvalue weighted by Gasteiger charge is -2.34. The van der Waals surface area contributed by atoms with Crippen LogP contribution in [0.25, 0.3) is 21.5 Å². The fourth-order valence-corrected chi connectivity index (χ4v) is 4.73. The molecule has 0 aliphatic rings. The second-order valence-electron chi connectivity index (χ2n) is 10.3. The van der Waals surface area contributed by atoms with E-state index in [1.54, 1.807) is 0 Å². The Balaban J connectivity index is 2.53. The molecule has 0 aliphatic carbocycles. The van der Waals surface area contributed by atoms with Crippen molar-refractivity contribution in [3.63, 3.8) is 0 Å². The molecule has 0 saturated heterocycles. The van der Waals surface area contributed by atoms with Crippen molar-refractivity contribution in [2.75, 3.05) is 0 Å². The molecule has 0 amide bonds. The molecule has 0 unspecified atom stereocenters. The number of carbonyl (C=O) groups is 1. The van der Waals surface area contributed by atoms with Crippen molar-refractivity contribution in [1.29, 1.82) is 0 Å². The van der Waals surface area contributed by atoms with Crippen LogP contribution in [0.15, 0.2) is 12.1 Å². The van der Waals surface area contributed by atoms with E-state index in [0.29, 0.717) is 0 Å². The maximum Gasteiger partial charge on any atom is 0.460 e. The van der Waals surface area contributed by atoms with Crippen molar-refractivity contribution in [2.24, 2.45) is 0 Å². The van der Waals surface area contributed by atoms with Crippen LogP contribution in [0.4, 0.5) is 92.2 Å². The molecule has 4 aromatic carbocycles. The first-order chi connectivity index (χ1) is 23.7. The predicted octanol–water partition coefficient (Wildman–Crippen LogP) is 9.88. The van der Waals surface area contributed by atoms with E-state index < -0.39 is 144 Å². The summed E-state index contributed by atoms with van der Waals surface area (Å²) in [6, 6.07) is -0.229. The average Bonchev–Trinajstić information content (AvgIpc) is 3.03. The Bertz CT molecular complexity index is 2200. The van der Waals surface area contributed by atoms with Gasteiger partial charge in [-0.3, -0.25) is 0 Å². The third-order valence-corrected chi connectivity index (χ3v) is 7.18. The van der Waals surface area contributed by atoms with Gasteiger partial charge in [0.1, 0.15) is 0 Å². The zero-order valence-corrected chi connectivity index (χ0v) is 23.8. The van der Waals surface area contributed by atoms with Gasteiger partial charge in [0.2, 0.25) is 5.82 Å². The van der Waals surface area contributed by atoms with Gasteiger partial charge in [-0.15, -0.1) is 0 Å². The number of fused-ring (bicyclic) bond motifs is 2. The SMILES string of the molecule is O=C(Oc1c(F)c(F)c(F)c2c(C(F)(F)C(F)(F)C(F)(F)F)c3c(F)c(F)c(F)c(F)c3c(C(F)(F)C(F)(F)C(F)(F)F)c12)c1cc(O)c(O)c(O)c1. The molecule has 290 valence electrons. The van der Waals surface area contributed by atoms with Gasteiger partial charge < -0.3 is 20.1 Å². The summed E-state index contributed by atoms with van der Waals surface area (Å²) in [5.41, 5.74) is -10.0. The van der Waals surface area contributed by atoms with Crippen molar-refractivity contribution in [3.05, 3.63) is 69.5 Å². The molecule has 3 N–H and O–H groups in total. The minimum Gasteiger partial charge on any atom is -0.504 e. The van der Waals surface area contributed by atoms with E-state index in [-0.39, 0.29) is 12.1 Å². The summed E-state index contributed by atoms with van der Waals surface area (Å²) in [7, 11) is 0. The number of halogens is 21. The van der Waals surface area contributed by atoms with E-state index in [4.69, 9.17) is 0 Å². The van der Waals surface area contributed by atoms with E-state index in [9.17, 15) is 77.2 Å². The largest absolute Gasteiger partial charge is 0.504 e. The van der Waals surface area contributed by atoms with Crippen LogP contribution in [0, 0.1) is 40.7 Å². The third kappa shape index (κ3) is 5.49. The van der Waals surface area contributed by atoms with Crippen LogP contribution < -0.4 is 4.74 Å². The zero-order valence-electron chi connectivity index (χ0n) is 23.8. The Hall–Kier alpha value is -5.20. The van der Waals surface area contributed by atoms with Gasteiger partial charge in [-0.2, -0.15) is 65.9 Å². The molecule has 0 spiro atoms. The summed E-state index contributed by atoms with van der Waals surface area (Å²) in [5, 5.41) is 13.4. The molecular weight excluding hydrogens is 803 g/mol. The summed E-state index contributed by atoms with van der Waals surface area (Å²) in [6.45, 7) is 0. The molecule has 0 heterocycles. The van der Waals surface area contributed by atoms with Gasteiger partial charge in [0.25, 0.3) is 0 Å². The standard InChI is InChI=1S/C27H5F21O5/c28-12-6-7(13(29)16(32)15(12)31)11(23(37,38)25(41,42)27(46,47)48)9-8(10(6)22(35,36)24(39,40)26(43,44)45)14(30)17(33)18(34)20(9)53-21(52)3-1-4(49)19(51)5(50)2-3/h1-2,49-51H. The van der Waals surface area contributed by atoms with Crippen molar-refractivity contribution in [1.82, 2.24) is 0 Å². The van der Waals surface area contributed by atoms with Gasteiger partial charge in [0.15, 0.2) is 57.9 Å². The van der Waals surface area contributed by atoms with E-state index in [0.717, 1.165) is 0 Å². The number of rotatable bonds is 6. The Kier molecular flexibility index (Phi) is 9.11. The highest BCUT2D eigenvalue weighted by Crippen LogP contribution is 2.61. The maximum absolute atomic E-state index is 15.6. The topological polar surface area (TPSA) is 87.0 Å². The number of hydrogen-bond donors (Lipinski definition) is 3. The van der Waals surface area contributed by atoms with Gasteiger partial charge in [-0.05, 0) is 12.1 Å². The van der Waals surface area contributed by atoms with Crippen LogP contribution in [-0.2, 0) is 11.8 Å². The maximum atomic E-state index is 15.6. The molecule has 53 heavy (non-hydrogen) atoms. The molecular formula is C27H5F21O5. The molecule has 0 fully saturated rings. The molecule has 0 radical (unpaired) electrons. The van der Waals surface area contributed by atoms with Gasteiger partial charge in [-0.1, -0.05) is 0 Å². The fraction of sp³-hybridized carbons (Fsp3) is 0.222. The van der Waals surface area contributed by atoms with E-state index in [1.807, 2.05) is 0 Å². The Morgan fingerprint density at radius 1 is 0.472 bits per heavy atom. The van der Waals surface area contributed by atoms with Crippen LogP contribution in [0.2, 0.25) is 0 Å². The number of ether oxygens (including phenoxy) is 1. The molecule has 0 atom stereocenters. The summed E-state index contributed by atoms with van der Waals surface area (Å²) in [5.74, 6) is -68.7. The molecule has 0 aliphatic heterocycles.